The second-order valence-corrected chi connectivity index (χ2v) is 5.84. The van der Waals surface area contributed by atoms with E-state index in [0.29, 0.717) is 0 Å². The number of benzene rings is 1. The molecule has 0 unspecified atom stereocenters. The second kappa shape index (κ2) is 5.37. The Morgan fingerprint density at radius 3 is 2.47 bits per heavy atom. The molecule has 1 aromatic rings. The molecule has 0 aromatic heterocycles. The van der Waals surface area contributed by atoms with Crippen molar-refractivity contribution in [1.29, 1.82) is 0 Å². The van der Waals surface area contributed by atoms with Crippen LogP contribution in [0, 0.1) is 0 Å². The van der Waals surface area contributed by atoms with Gasteiger partial charge >= 0.3 is 5.97 Å². The molecule has 0 saturated heterocycles. The molecule has 0 bridgehead atoms. The Labute approximate surface area is 105 Å². The van der Waals surface area contributed by atoms with E-state index in [2.05, 4.69) is 0 Å². The number of anilines is 1. The van der Waals surface area contributed by atoms with E-state index in [1.54, 1.807) is 12.1 Å². The molecule has 0 fully saturated rings. The van der Waals surface area contributed by atoms with Crippen LogP contribution in [0.4, 0.5) is 5.69 Å². The molecule has 1 N–H and O–H groups in total. The van der Waals surface area contributed by atoms with E-state index in [4.69, 9.17) is 16.7 Å². The van der Waals surface area contributed by atoms with Crippen LogP contribution in [0.3, 0.4) is 0 Å². The van der Waals surface area contributed by atoms with Gasteiger partial charge in [-0.25, -0.2) is 8.42 Å². The van der Waals surface area contributed by atoms with Crippen molar-refractivity contribution in [3.05, 3.63) is 29.3 Å². The van der Waals surface area contributed by atoms with E-state index in [-0.39, 0.29) is 16.5 Å². The fraction of sp³-hybridized carbons (Fsp3) is 0.300. The van der Waals surface area contributed by atoms with Crippen LogP contribution in [-0.4, -0.2) is 31.8 Å². The van der Waals surface area contributed by atoms with Crippen molar-refractivity contribution in [2.24, 2.45) is 0 Å². The van der Waals surface area contributed by atoms with Crippen LogP contribution in [0.1, 0.15) is 6.92 Å². The van der Waals surface area contributed by atoms with Gasteiger partial charge < -0.3 is 5.11 Å². The number of rotatable bonds is 5. The molecule has 0 atom stereocenters. The number of nitrogens with zero attached hydrogens (tertiary/aromatic N) is 1. The van der Waals surface area contributed by atoms with Gasteiger partial charge in [0, 0.05) is 0 Å². The van der Waals surface area contributed by atoms with Gasteiger partial charge in [-0.3, -0.25) is 9.10 Å². The number of carbonyl (C=O) groups is 1. The lowest BCUT2D eigenvalue weighted by Gasteiger charge is -2.22. The van der Waals surface area contributed by atoms with Crippen LogP contribution < -0.4 is 4.31 Å². The summed E-state index contributed by atoms with van der Waals surface area (Å²) in [5.41, 5.74) is 0.179. The average Bonchev–Trinajstić information content (AvgIpc) is 2.26. The number of sulfonamides is 1. The summed E-state index contributed by atoms with van der Waals surface area (Å²) >= 11 is 5.87. The van der Waals surface area contributed by atoms with Crippen molar-refractivity contribution >= 4 is 33.3 Å². The first-order valence-electron chi connectivity index (χ1n) is 4.85. The van der Waals surface area contributed by atoms with Crippen molar-refractivity contribution < 1.29 is 18.3 Å². The fourth-order valence-electron chi connectivity index (χ4n) is 1.27. The molecule has 1 rings (SSSR count). The quantitative estimate of drug-likeness (QED) is 0.887. The Kier molecular flexibility index (Phi) is 4.36. The normalized spacial score (nSPS) is 11.2. The van der Waals surface area contributed by atoms with E-state index >= 15 is 0 Å². The molecule has 94 valence electrons. The first-order chi connectivity index (χ1) is 7.88. The molecule has 17 heavy (non-hydrogen) atoms. The Morgan fingerprint density at radius 1 is 1.41 bits per heavy atom. The maximum Gasteiger partial charge on any atom is 0.324 e. The summed E-state index contributed by atoms with van der Waals surface area (Å²) < 4.78 is 24.4. The number of hydrogen-bond acceptors (Lipinski definition) is 3. The summed E-state index contributed by atoms with van der Waals surface area (Å²) in [6, 6.07) is 6.22. The highest BCUT2D eigenvalue weighted by Gasteiger charge is 2.24. The molecule has 5 nitrogen and oxygen atoms in total. The van der Waals surface area contributed by atoms with Gasteiger partial charge in [-0.15, -0.1) is 0 Å². The van der Waals surface area contributed by atoms with E-state index in [1.165, 1.54) is 19.1 Å². The zero-order chi connectivity index (χ0) is 13.1. The maximum atomic E-state index is 11.8. The first kappa shape index (κ1) is 13.8. The molecule has 1 aromatic carbocycles. The molecule has 0 aliphatic carbocycles. The Morgan fingerprint density at radius 2 is 2.00 bits per heavy atom. The van der Waals surface area contributed by atoms with Gasteiger partial charge in [0.1, 0.15) is 6.54 Å². The Balaban J connectivity index is 3.25. The summed E-state index contributed by atoms with van der Waals surface area (Å²) in [5.74, 6) is -1.42. The molecular weight excluding hydrogens is 266 g/mol. The Hall–Kier alpha value is -1.27. The van der Waals surface area contributed by atoms with Gasteiger partial charge in [-0.2, -0.15) is 0 Å². The van der Waals surface area contributed by atoms with Crippen molar-refractivity contribution in [1.82, 2.24) is 0 Å². The average molecular weight is 278 g/mol. The first-order valence-corrected chi connectivity index (χ1v) is 6.84. The second-order valence-electron chi connectivity index (χ2n) is 3.25. The maximum absolute atomic E-state index is 11.8. The molecule has 0 spiro atoms. The van der Waals surface area contributed by atoms with Crippen molar-refractivity contribution in [2.75, 3.05) is 16.6 Å². The van der Waals surface area contributed by atoms with Gasteiger partial charge in [0.25, 0.3) is 0 Å². The van der Waals surface area contributed by atoms with E-state index in [0.717, 1.165) is 4.31 Å². The predicted octanol–water partition coefficient (Wildman–Crippen LogP) is 1.58. The van der Waals surface area contributed by atoms with Gasteiger partial charge in [-0.1, -0.05) is 23.7 Å². The summed E-state index contributed by atoms with van der Waals surface area (Å²) in [5, 5.41) is 8.95. The molecule has 7 heteroatoms. The van der Waals surface area contributed by atoms with Crippen LogP contribution in [-0.2, 0) is 14.8 Å². The smallest absolute Gasteiger partial charge is 0.324 e. The third-order valence-corrected chi connectivity index (χ3v) is 4.15. The largest absolute Gasteiger partial charge is 0.480 e. The molecule has 0 aliphatic heterocycles. The minimum atomic E-state index is -3.66. The summed E-state index contributed by atoms with van der Waals surface area (Å²) in [7, 11) is -3.66. The van der Waals surface area contributed by atoms with Crippen molar-refractivity contribution in [3.63, 3.8) is 0 Å². The third kappa shape index (κ3) is 3.34. The standard InChI is InChI=1S/C10H12ClNO4S/c1-2-17(15,16)12(7-10(13)14)9-6-4-3-5-8(9)11/h3-6H,2,7H2,1H3,(H,13,14). The highest BCUT2D eigenvalue weighted by Crippen LogP contribution is 2.27. The minimum absolute atomic E-state index is 0.179. The van der Waals surface area contributed by atoms with E-state index < -0.39 is 22.5 Å². The lowest BCUT2D eigenvalue weighted by Crippen LogP contribution is -2.36. The molecule has 0 aliphatic rings. The molecule has 0 radical (unpaired) electrons. The number of aliphatic carboxylic acids is 1. The number of para-hydroxylation sites is 1. The van der Waals surface area contributed by atoms with E-state index in [9.17, 15) is 13.2 Å². The lowest BCUT2D eigenvalue weighted by atomic mass is 10.3. The number of hydrogen-bond donors (Lipinski definition) is 1. The van der Waals surface area contributed by atoms with Gasteiger partial charge in [0.05, 0.1) is 16.5 Å². The van der Waals surface area contributed by atoms with Gasteiger partial charge in [0.15, 0.2) is 0 Å². The Bertz CT molecular complexity index is 515. The zero-order valence-electron chi connectivity index (χ0n) is 9.13. The summed E-state index contributed by atoms with van der Waals surface area (Å²) in [6.45, 7) is 0.806. The van der Waals surface area contributed by atoms with Gasteiger partial charge in [-0.05, 0) is 19.1 Å². The minimum Gasteiger partial charge on any atom is -0.480 e. The number of carboxylic acids is 1. The van der Waals surface area contributed by atoms with E-state index in [1.807, 2.05) is 0 Å². The third-order valence-electron chi connectivity index (χ3n) is 2.10. The van der Waals surface area contributed by atoms with Crippen LogP contribution in [0.25, 0.3) is 0 Å². The summed E-state index contributed by atoms with van der Waals surface area (Å²) in [4.78, 5) is 10.7. The zero-order valence-corrected chi connectivity index (χ0v) is 10.7. The molecule has 0 heterocycles. The fourth-order valence-corrected chi connectivity index (χ4v) is 2.63. The number of halogens is 1. The predicted molar refractivity (Wildman–Crippen MR) is 65.9 cm³/mol. The lowest BCUT2D eigenvalue weighted by molar-refractivity contribution is -0.135. The molecule has 0 amide bonds. The van der Waals surface area contributed by atoms with Crippen molar-refractivity contribution in [3.8, 4) is 0 Å². The highest BCUT2D eigenvalue weighted by atomic mass is 35.5. The topological polar surface area (TPSA) is 74.7 Å². The van der Waals surface area contributed by atoms with Crippen LogP contribution in [0.5, 0.6) is 0 Å². The van der Waals surface area contributed by atoms with Crippen LogP contribution in [0.15, 0.2) is 24.3 Å². The number of carboxylic acid groups (broad SMARTS) is 1. The molecule has 0 saturated carbocycles. The van der Waals surface area contributed by atoms with Crippen LogP contribution in [0.2, 0.25) is 5.02 Å². The van der Waals surface area contributed by atoms with Crippen LogP contribution >= 0.6 is 11.6 Å². The van der Waals surface area contributed by atoms with Crippen molar-refractivity contribution in [2.45, 2.75) is 6.92 Å². The monoisotopic (exact) mass is 277 g/mol. The summed E-state index contributed by atoms with van der Waals surface area (Å²) in [6.07, 6.45) is 0. The highest BCUT2D eigenvalue weighted by molar-refractivity contribution is 7.92. The SMILES string of the molecule is CCS(=O)(=O)N(CC(=O)O)c1ccccc1Cl. The molecular formula is C10H12ClNO4S. The van der Waals surface area contributed by atoms with Gasteiger partial charge in [0.2, 0.25) is 10.0 Å².